The van der Waals surface area contributed by atoms with E-state index in [0.717, 1.165) is 12.4 Å². The lowest BCUT2D eigenvalue weighted by Gasteiger charge is -2.21. The second kappa shape index (κ2) is 6.02. The second-order valence-corrected chi connectivity index (χ2v) is 5.29. The molecule has 1 aromatic carbocycles. The van der Waals surface area contributed by atoms with Gasteiger partial charge in [-0.1, -0.05) is 37.1 Å². The molecule has 100 valence electrons. The highest BCUT2D eigenvalue weighted by molar-refractivity contribution is 5.59. The average molecular weight is 255 g/mol. The lowest BCUT2D eigenvalue weighted by Crippen LogP contribution is -2.24. The molecule has 1 fully saturated rings. The van der Waals surface area contributed by atoms with E-state index in [2.05, 4.69) is 39.1 Å². The van der Waals surface area contributed by atoms with Crippen LogP contribution in [-0.2, 0) is 6.54 Å². The summed E-state index contributed by atoms with van der Waals surface area (Å²) in [6, 6.07) is 8.60. The highest BCUT2D eigenvalue weighted by Crippen LogP contribution is 2.22. The number of nitrogens with one attached hydrogen (secondary N) is 1. The number of aromatic amines is 1. The van der Waals surface area contributed by atoms with E-state index in [1.165, 1.54) is 49.9 Å². The van der Waals surface area contributed by atoms with Crippen molar-refractivity contribution >= 4 is 0 Å². The topological polar surface area (TPSA) is 31.9 Å². The summed E-state index contributed by atoms with van der Waals surface area (Å²) >= 11 is 0. The minimum atomic E-state index is 0.977. The Morgan fingerprint density at radius 3 is 2.58 bits per heavy atom. The molecule has 2 aromatic rings. The predicted octanol–water partition coefficient (Wildman–Crippen LogP) is 3.45. The summed E-state index contributed by atoms with van der Waals surface area (Å²) in [5.41, 5.74) is 2.61. The Balaban J connectivity index is 1.80. The van der Waals surface area contributed by atoms with Crippen molar-refractivity contribution in [2.45, 2.75) is 32.2 Å². The van der Waals surface area contributed by atoms with Crippen molar-refractivity contribution in [1.29, 1.82) is 0 Å². The second-order valence-electron chi connectivity index (χ2n) is 5.29. The van der Waals surface area contributed by atoms with Crippen LogP contribution in [0.1, 0.15) is 31.2 Å². The average Bonchev–Trinajstić information content (AvgIpc) is 2.85. The lowest BCUT2D eigenvalue weighted by atomic mass is 10.1. The Bertz CT molecular complexity index is 496. The van der Waals surface area contributed by atoms with Crippen LogP contribution in [0.15, 0.2) is 36.7 Å². The number of benzene rings is 1. The summed E-state index contributed by atoms with van der Waals surface area (Å²) < 4.78 is 0. The molecule has 19 heavy (non-hydrogen) atoms. The van der Waals surface area contributed by atoms with E-state index in [1.54, 1.807) is 0 Å². The molecule has 0 bridgehead atoms. The Morgan fingerprint density at radius 2 is 1.84 bits per heavy atom. The van der Waals surface area contributed by atoms with Crippen molar-refractivity contribution in [1.82, 2.24) is 14.9 Å². The van der Waals surface area contributed by atoms with Gasteiger partial charge in [-0.15, -0.1) is 0 Å². The summed E-state index contributed by atoms with van der Waals surface area (Å²) in [5, 5.41) is 0. The molecule has 3 rings (SSSR count). The van der Waals surface area contributed by atoms with Crippen LogP contribution in [0, 0.1) is 0 Å². The SMILES string of the molecule is c1ccc(-c2ncc[nH]2)c(CN2CCCCCC2)c1. The van der Waals surface area contributed by atoms with Crippen molar-refractivity contribution in [3.63, 3.8) is 0 Å². The van der Waals surface area contributed by atoms with Crippen molar-refractivity contribution in [3.8, 4) is 11.4 Å². The zero-order valence-corrected chi connectivity index (χ0v) is 11.3. The minimum absolute atomic E-state index is 0.977. The maximum Gasteiger partial charge on any atom is 0.137 e. The first-order chi connectivity index (χ1) is 9.43. The number of rotatable bonds is 3. The van der Waals surface area contributed by atoms with Crippen LogP contribution in [0.5, 0.6) is 0 Å². The molecule has 0 aliphatic carbocycles. The summed E-state index contributed by atoms with van der Waals surface area (Å²) in [4.78, 5) is 10.2. The molecule has 0 saturated carbocycles. The first-order valence-corrected chi connectivity index (χ1v) is 7.23. The Hall–Kier alpha value is -1.61. The fraction of sp³-hybridized carbons (Fsp3) is 0.438. The van der Waals surface area contributed by atoms with Gasteiger partial charge in [0, 0.05) is 24.5 Å². The number of H-pyrrole nitrogens is 1. The van der Waals surface area contributed by atoms with Crippen LogP contribution in [0.4, 0.5) is 0 Å². The van der Waals surface area contributed by atoms with Crippen molar-refractivity contribution in [2.75, 3.05) is 13.1 Å². The molecule has 1 N–H and O–H groups in total. The molecule has 1 saturated heterocycles. The third kappa shape index (κ3) is 3.04. The van der Waals surface area contributed by atoms with E-state index < -0.39 is 0 Å². The Morgan fingerprint density at radius 1 is 1.05 bits per heavy atom. The molecule has 0 atom stereocenters. The van der Waals surface area contributed by atoms with Gasteiger partial charge in [0.15, 0.2) is 0 Å². The molecule has 3 nitrogen and oxygen atoms in total. The first-order valence-electron chi connectivity index (χ1n) is 7.23. The Labute approximate surface area is 114 Å². The summed E-state index contributed by atoms with van der Waals surface area (Å²) in [7, 11) is 0. The summed E-state index contributed by atoms with van der Waals surface area (Å²) in [6.07, 6.45) is 9.15. The van der Waals surface area contributed by atoms with E-state index >= 15 is 0 Å². The van der Waals surface area contributed by atoms with Crippen LogP contribution in [0.2, 0.25) is 0 Å². The van der Waals surface area contributed by atoms with Gasteiger partial charge >= 0.3 is 0 Å². The third-order valence-electron chi connectivity index (χ3n) is 3.86. The number of hydrogen-bond donors (Lipinski definition) is 1. The standard InChI is InChI=1S/C16H21N3/c1-2-6-12-19(11-5-1)13-14-7-3-4-8-15(14)16-17-9-10-18-16/h3-4,7-10H,1-2,5-6,11-13H2,(H,17,18). The van der Waals surface area contributed by atoms with E-state index in [-0.39, 0.29) is 0 Å². The molecule has 1 aliphatic rings. The number of likely N-dealkylation sites (tertiary alicyclic amines) is 1. The number of aromatic nitrogens is 2. The normalized spacial score (nSPS) is 17.3. The smallest absolute Gasteiger partial charge is 0.137 e. The van der Waals surface area contributed by atoms with Crippen LogP contribution in [0.25, 0.3) is 11.4 Å². The third-order valence-corrected chi connectivity index (χ3v) is 3.86. The van der Waals surface area contributed by atoms with Gasteiger partial charge in [-0.3, -0.25) is 4.90 Å². The van der Waals surface area contributed by atoms with Crippen LogP contribution in [-0.4, -0.2) is 28.0 Å². The lowest BCUT2D eigenvalue weighted by molar-refractivity contribution is 0.277. The quantitative estimate of drug-likeness (QED) is 0.911. The zero-order valence-electron chi connectivity index (χ0n) is 11.3. The maximum atomic E-state index is 4.38. The summed E-state index contributed by atoms with van der Waals surface area (Å²) in [6.45, 7) is 3.50. The van der Waals surface area contributed by atoms with Gasteiger partial charge in [0.05, 0.1) is 0 Å². The van der Waals surface area contributed by atoms with Gasteiger partial charge in [0.25, 0.3) is 0 Å². The fourth-order valence-corrected chi connectivity index (χ4v) is 2.84. The fourth-order valence-electron chi connectivity index (χ4n) is 2.84. The largest absolute Gasteiger partial charge is 0.345 e. The monoisotopic (exact) mass is 255 g/mol. The summed E-state index contributed by atoms with van der Waals surface area (Å²) in [5.74, 6) is 0.977. The molecule has 1 aromatic heterocycles. The molecular formula is C16H21N3. The number of hydrogen-bond acceptors (Lipinski definition) is 2. The zero-order chi connectivity index (χ0) is 12.9. The highest BCUT2D eigenvalue weighted by atomic mass is 15.1. The van der Waals surface area contributed by atoms with E-state index in [1.807, 2.05) is 12.4 Å². The molecule has 0 radical (unpaired) electrons. The molecule has 0 amide bonds. The van der Waals surface area contributed by atoms with Gasteiger partial charge in [-0.25, -0.2) is 4.98 Å². The predicted molar refractivity (Wildman–Crippen MR) is 77.8 cm³/mol. The minimum Gasteiger partial charge on any atom is -0.345 e. The van der Waals surface area contributed by atoms with Crippen molar-refractivity contribution in [3.05, 3.63) is 42.2 Å². The molecular weight excluding hydrogens is 234 g/mol. The molecule has 0 spiro atoms. The van der Waals surface area contributed by atoms with E-state index in [4.69, 9.17) is 0 Å². The van der Waals surface area contributed by atoms with Crippen LogP contribution in [0.3, 0.4) is 0 Å². The number of imidazole rings is 1. The Kier molecular flexibility index (Phi) is 3.94. The van der Waals surface area contributed by atoms with Gasteiger partial charge in [-0.05, 0) is 31.5 Å². The molecule has 1 aliphatic heterocycles. The van der Waals surface area contributed by atoms with Crippen molar-refractivity contribution < 1.29 is 0 Å². The van der Waals surface area contributed by atoms with Crippen molar-refractivity contribution in [2.24, 2.45) is 0 Å². The van der Waals surface area contributed by atoms with Crippen LogP contribution < -0.4 is 0 Å². The van der Waals surface area contributed by atoms with Gasteiger partial charge in [0.2, 0.25) is 0 Å². The molecule has 3 heteroatoms. The molecule has 0 unspecified atom stereocenters. The molecule has 2 heterocycles. The van der Waals surface area contributed by atoms with E-state index in [9.17, 15) is 0 Å². The van der Waals surface area contributed by atoms with Gasteiger partial charge < -0.3 is 4.98 Å². The van der Waals surface area contributed by atoms with E-state index in [0.29, 0.717) is 0 Å². The first kappa shape index (κ1) is 12.4. The van der Waals surface area contributed by atoms with Crippen LogP contribution >= 0.6 is 0 Å². The van der Waals surface area contributed by atoms with Gasteiger partial charge in [0.1, 0.15) is 5.82 Å². The van der Waals surface area contributed by atoms with Gasteiger partial charge in [-0.2, -0.15) is 0 Å². The maximum absolute atomic E-state index is 4.38. The highest BCUT2D eigenvalue weighted by Gasteiger charge is 2.12. The number of nitrogens with zero attached hydrogens (tertiary/aromatic N) is 2.